The molecule has 1 aromatic rings. The number of hydrogen-bond donors (Lipinski definition) is 1. The highest BCUT2D eigenvalue weighted by molar-refractivity contribution is 6.34. The van der Waals surface area contributed by atoms with Gasteiger partial charge in [-0.2, -0.15) is 0 Å². The van der Waals surface area contributed by atoms with Crippen molar-refractivity contribution in [3.63, 3.8) is 0 Å². The molecule has 4 rings (SSSR count). The van der Waals surface area contributed by atoms with Crippen molar-refractivity contribution in [1.29, 1.82) is 0 Å². The molecule has 3 unspecified atom stereocenters. The maximum Gasteiger partial charge on any atom is 0.253 e. The maximum absolute atomic E-state index is 14.7. The van der Waals surface area contributed by atoms with Gasteiger partial charge in [-0.3, -0.25) is 14.4 Å². The van der Waals surface area contributed by atoms with Crippen molar-refractivity contribution in [3.8, 4) is 0 Å². The number of unbranched alkanes of at least 4 members (excludes halogenated alkanes) is 1. The number of aryl methyl sites for hydroxylation is 1. The summed E-state index contributed by atoms with van der Waals surface area (Å²) in [6, 6.07) is 4.50. The zero-order valence-electron chi connectivity index (χ0n) is 23.4. The number of carbonyl (C=O) groups is 3. The summed E-state index contributed by atoms with van der Waals surface area (Å²) in [5.41, 5.74) is -0.673. The van der Waals surface area contributed by atoms with Crippen LogP contribution in [0.15, 0.2) is 43.5 Å². The van der Waals surface area contributed by atoms with Gasteiger partial charge >= 0.3 is 0 Å². The first-order valence-corrected chi connectivity index (χ1v) is 14.0. The van der Waals surface area contributed by atoms with Crippen LogP contribution in [0, 0.1) is 24.7 Å². The summed E-state index contributed by atoms with van der Waals surface area (Å²) in [4.78, 5) is 47.5. The molecule has 3 fully saturated rings. The lowest BCUT2D eigenvalue weighted by molar-refractivity contribution is -0.150. The first-order chi connectivity index (χ1) is 18.5. The molecule has 0 aliphatic carbocycles. The molecule has 0 aromatic heterocycles. The van der Waals surface area contributed by atoms with E-state index in [9.17, 15) is 19.5 Å². The molecule has 2 bridgehead atoms. The number of amides is 3. The second-order valence-corrected chi connectivity index (χ2v) is 11.7. The van der Waals surface area contributed by atoms with E-state index in [-0.39, 0.29) is 43.3 Å². The number of rotatable bonds is 11. The van der Waals surface area contributed by atoms with Crippen LogP contribution in [0.1, 0.15) is 38.7 Å². The molecule has 9 heteroatoms. The van der Waals surface area contributed by atoms with E-state index in [4.69, 9.17) is 16.3 Å². The van der Waals surface area contributed by atoms with E-state index in [1.807, 2.05) is 32.9 Å². The monoisotopic (exact) mass is 557 g/mol. The summed E-state index contributed by atoms with van der Waals surface area (Å²) in [6.07, 6.45) is 4.77. The van der Waals surface area contributed by atoms with Gasteiger partial charge in [0.15, 0.2) is 0 Å². The lowest BCUT2D eigenvalue weighted by Gasteiger charge is -2.38. The third kappa shape index (κ3) is 4.50. The van der Waals surface area contributed by atoms with Gasteiger partial charge in [-0.25, -0.2) is 0 Å². The highest BCUT2D eigenvalue weighted by Gasteiger charge is 2.80. The van der Waals surface area contributed by atoms with Gasteiger partial charge in [-0.1, -0.05) is 42.8 Å². The predicted molar refractivity (Wildman–Crippen MR) is 151 cm³/mol. The Labute approximate surface area is 236 Å². The van der Waals surface area contributed by atoms with Crippen molar-refractivity contribution >= 4 is 35.0 Å². The van der Waals surface area contributed by atoms with Crippen LogP contribution in [-0.2, 0) is 19.1 Å². The lowest BCUT2D eigenvalue weighted by Crippen LogP contribution is -2.57. The fourth-order valence-corrected chi connectivity index (χ4v) is 7.41. The number of likely N-dealkylation sites (N-methyl/N-ethyl adjacent to an activating group) is 1. The Bertz CT molecular complexity index is 1150. The number of aliphatic hydroxyl groups is 1. The van der Waals surface area contributed by atoms with Gasteiger partial charge in [-0.05, 0) is 50.7 Å². The molecule has 1 N–H and O–H groups in total. The van der Waals surface area contributed by atoms with Gasteiger partial charge in [0, 0.05) is 33.3 Å². The summed E-state index contributed by atoms with van der Waals surface area (Å²) in [7, 11) is 1.70. The zero-order chi connectivity index (χ0) is 28.7. The average Bonchev–Trinajstić information content (AvgIpc) is 3.39. The number of benzene rings is 1. The van der Waals surface area contributed by atoms with Gasteiger partial charge in [-0.15, -0.1) is 13.2 Å². The van der Waals surface area contributed by atoms with Gasteiger partial charge in [0.2, 0.25) is 11.8 Å². The van der Waals surface area contributed by atoms with E-state index < -0.39 is 29.1 Å². The number of anilines is 1. The molecule has 3 saturated heterocycles. The summed E-state index contributed by atoms with van der Waals surface area (Å²) < 4.78 is 6.82. The number of hydrogen-bond acceptors (Lipinski definition) is 5. The van der Waals surface area contributed by atoms with Gasteiger partial charge in [0.05, 0.1) is 28.1 Å². The molecule has 3 aliphatic heterocycles. The minimum atomic E-state index is -1.16. The van der Waals surface area contributed by atoms with Crippen LogP contribution in [0.2, 0.25) is 5.02 Å². The van der Waals surface area contributed by atoms with Crippen LogP contribution >= 0.6 is 11.6 Å². The van der Waals surface area contributed by atoms with E-state index in [0.717, 1.165) is 5.56 Å². The minimum absolute atomic E-state index is 0.0182. The summed E-state index contributed by atoms with van der Waals surface area (Å²) in [5, 5.41) is 9.84. The van der Waals surface area contributed by atoms with Crippen LogP contribution < -0.4 is 4.90 Å². The lowest BCUT2D eigenvalue weighted by atomic mass is 9.62. The Morgan fingerprint density at radius 1 is 1.23 bits per heavy atom. The number of para-hydroxylation sites is 1. The highest BCUT2D eigenvalue weighted by Crippen LogP contribution is 2.65. The molecule has 3 aliphatic rings. The molecule has 1 aromatic carbocycles. The molecular formula is C30H40ClN3O5. The molecule has 6 atom stereocenters. The Morgan fingerprint density at radius 3 is 2.54 bits per heavy atom. The van der Waals surface area contributed by atoms with Crippen LogP contribution in [0.4, 0.5) is 5.69 Å². The number of nitrogens with zero attached hydrogens (tertiary/aromatic N) is 3. The molecule has 0 radical (unpaired) electrons. The molecule has 0 saturated carbocycles. The van der Waals surface area contributed by atoms with Crippen molar-refractivity contribution in [3.05, 3.63) is 54.1 Å². The summed E-state index contributed by atoms with van der Waals surface area (Å²) in [6.45, 7) is 14.2. The Hall–Kier alpha value is -2.68. The van der Waals surface area contributed by atoms with E-state index in [2.05, 4.69) is 13.2 Å². The summed E-state index contributed by atoms with van der Waals surface area (Å²) >= 11 is 6.61. The number of carbonyl (C=O) groups excluding carboxylic acids is 3. The third-order valence-electron chi connectivity index (χ3n) is 8.94. The molecule has 39 heavy (non-hydrogen) atoms. The predicted octanol–water partition coefficient (Wildman–Crippen LogP) is 3.60. The van der Waals surface area contributed by atoms with Crippen LogP contribution in [0.5, 0.6) is 0 Å². The SMILES string of the molecule is C=CCN(C)C(=O)[C@H]1[C@H]2C(=O)N(CCCCO)C(C(=O)N(CC=C)c3c(C)cccc3Cl)C23CC(C)[C@]1(C)O3. The quantitative estimate of drug-likeness (QED) is 0.332. The van der Waals surface area contributed by atoms with Crippen LogP contribution in [0.25, 0.3) is 0 Å². The Balaban J connectivity index is 1.85. The van der Waals surface area contributed by atoms with Crippen molar-refractivity contribution in [2.45, 2.75) is 57.3 Å². The normalized spacial score (nSPS) is 30.8. The van der Waals surface area contributed by atoms with E-state index >= 15 is 0 Å². The Morgan fingerprint density at radius 2 is 1.92 bits per heavy atom. The molecule has 1 spiro atoms. The zero-order valence-corrected chi connectivity index (χ0v) is 24.1. The maximum atomic E-state index is 14.7. The average molecular weight is 558 g/mol. The van der Waals surface area contributed by atoms with Crippen molar-refractivity contribution in [2.75, 3.05) is 38.2 Å². The number of aliphatic hydroxyl groups excluding tert-OH is 1. The van der Waals surface area contributed by atoms with Gasteiger partial charge < -0.3 is 24.5 Å². The first-order valence-electron chi connectivity index (χ1n) is 13.6. The number of fused-ring (bicyclic) bond motifs is 1. The van der Waals surface area contributed by atoms with Gasteiger partial charge in [0.25, 0.3) is 5.91 Å². The van der Waals surface area contributed by atoms with E-state index in [1.165, 1.54) is 0 Å². The molecule has 212 valence electrons. The third-order valence-corrected chi connectivity index (χ3v) is 9.24. The van der Waals surface area contributed by atoms with Gasteiger partial charge in [0.1, 0.15) is 11.6 Å². The van der Waals surface area contributed by atoms with E-state index in [1.54, 1.807) is 40.0 Å². The van der Waals surface area contributed by atoms with Crippen LogP contribution in [0.3, 0.4) is 0 Å². The van der Waals surface area contributed by atoms with Crippen molar-refractivity contribution in [2.24, 2.45) is 17.8 Å². The van der Waals surface area contributed by atoms with E-state index in [0.29, 0.717) is 36.5 Å². The highest BCUT2D eigenvalue weighted by atomic mass is 35.5. The number of likely N-dealkylation sites (tertiary alicyclic amines) is 1. The van der Waals surface area contributed by atoms with Crippen molar-refractivity contribution in [1.82, 2.24) is 9.80 Å². The van der Waals surface area contributed by atoms with Crippen LogP contribution in [-0.4, -0.2) is 83.2 Å². The van der Waals surface area contributed by atoms with Crippen molar-refractivity contribution < 1.29 is 24.2 Å². The fraction of sp³-hybridized carbons (Fsp3) is 0.567. The topological polar surface area (TPSA) is 90.4 Å². The first kappa shape index (κ1) is 29.3. The molecule has 8 nitrogen and oxygen atoms in total. The molecular weight excluding hydrogens is 518 g/mol. The minimum Gasteiger partial charge on any atom is -0.396 e. The smallest absolute Gasteiger partial charge is 0.253 e. The summed E-state index contributed by atoms with van der Waals surface area (Å²) in [5.74, 6) is -2.32. The second kappa shape index (κ2) is 11.1. The number of halogens is 1. The largest absolute Gasteiger partial charge is 0.396 e. The Kier molecular flexibility index (Phi) is 8.31. The second-order valence-electron chi connectivity index (χ2n) is 11.3. The number of ether oxygens (including phenoxy) is 1. The fourth-order valence-electron chi connectivity index (χ4n) is 7.08. The molecule has 3 heterocycles. The standard InChI is InChI=1S/C30H40ClN3O5/c1-7-14-32(6)26(36)22-23-27(37)34(16-9-10-17-35)25(30(23)18-20(4)29(22,5)39-30)28(38)33(15-8-2)24-19(3)12-11-13-21(24)31/h7-8,11-13,20,22-23,25,35H,1-2,9-10,14-18H2,3-6H3/t20?,22-,23+,25?,29+,30?/m1/s1. The molecule has 3 amide bonds.